The Bertz CT molecular complexity index is 308. The molecular formula is C10H17N3O. The fourth-order valence-electron chi connectivity index (χ4n) is 1.94. The van der Waals surface area contributed by atoms with Gasteiger partial charge in [-0.2, -0.15) is 4.98 Å². The summed E-state index contributed by atoms with van der Waals surface area (Å²) in [6.07, 6.45) is 3.35. The zero-order chi connectivity index (χ0) is 10.1. The molecule has 1 aromatic rings. The van der Waals surface area contributed by atoms with E-state index in [1.807, 2.05) is 13.8 Å². The highest BCUT2D eigenvalue weighted by Gasteiger charge is 2.29. The highest BCUT2D eigenvalue weighted by Crippen LogP contribution is 2.32. The van der Waals surface area contributed by atoms with Crippen molar-refractivity contribution in [3.8, 4) is 0 Å². The van der Waals surface area contributed by atoms with Gasteiger partial charge in [0.25, 0.3) is 0 Å². The minimum absolute atomic E-state index is 0.215. The van der Waals surface area contributed by atoms with Crippen molar-refractivity contribution in [3.63, 3.8) is 0 Å². The topological polar surface area (TPSA) is 64.9 Å². The first kappa shape index (κ1) is 9.65. The van der Waals surface area contributed by atoms with Gasteiger partial charge < -0.3 is 10.3 Å². The van der Waals surface area contributed by atoms with E-state index in [0.29, 0.717) is 11.8 Å². The van der Waals surface area contributed by atoms with E-state index in [0.717, 1.165) is 24.6 Å². The zero-order valence-electron chi connectivity index (χ0n) is 8.73. The molecule has 2 rings (SSSR count). The molecule has 0 radical (unpaired) electrons. The average molecular weight is 195 g/mol. The number of rotatable bonds is 2. The molecule has 1 aromatic heterocycles. The number of nitrogens with zero attached hydrogens (tertiary/aromatic N) is 2. The summed E-state index contributed by atoms with van der Waals surface area (Å²) in [7, 11) is 0. The van der Waals surface area contributed by atoms with Gasteiger partial charge in [-0.25, -0.2) is 0 Å². The number of hydrogen-bond donors (Lipinski definition) is 1. The maximum atomic E-state index is 5.97. The van der Waals surface area contributed by atoms with E-state index in [2.05, 4.69) is 10.1 Å². The Balaban J connectivity index is 2.16. The number of hydrogen-bond acceptors (Lipinski definition) is 4. The van der Waals surface area contributed by atoms with Crippen molar-refractivity contribution < 1.29 is 4.52 Å². The molecule has 1 heterocycles. The second kappa shape index (κ2) is 3.69. The van der Waals surface area contributed by atoms with E-state index < -0.39 is 0 Å². The van der Waals surface area contributed by atoms with Crippen molar-refractivity contribution in [2.45, 2.75) is 51.0 Å². The third-order valence-corrected chi connectivity index (χ3v) is 2.85. The summed E-state index contributed by atoms with van der Waals surface area (Å²) in [6.45, 7) is 4.09. The van der Waals surface area contributed by atoms with Crippen LogP contribution in [0.2, 0.25) is 0 Å². The Labute approximate surface area is 83.9 Å². The molecule has 0 unspecified atom stereocenters. The second-order valence-electron chi connectivity index (χ2n) is 4.35. The average Bonchev–Trinajstić information content (AvgIpc) is 2.71. The van der Waals surface area contributed by atoms with Crippen LogP contribution in [0, 0.1) is 0 Å². The third kappa shape index (κ3) is 1.66. The van der Waals surface area contributed by atoms with Crippen molar-refractivity contribution in [1.82, 2.24) is 10.1 Å². The van der Waals surface area contributed by atoms with Gasteiger partial charge in [-0.05, 0) is 12.8 Å². The quantitative estimate of drug-likeness (QED) is 0.781. The van der Waals surface area contributed by atoms with E-state index in [9.17, 15) is 0 Å². The summed E-state index contributed by atoms with van der Waals surface area (Å²) in [6, 6.07) is 0.215. The molecule has 0 aromatic carbocycles. The predicted octanol–water partition coefficient (Wildman–Crippen LogP) is 1.79. The van der Waals surface area contributed by atoms with Crippen molar-refractivity contribution in [1.29, 1.82) is 0 Å². The summed E-state index contributed by atoms with van der Waals surface area (Å²) >= 11 is 0. The molecule has 1 saturated carbocycles. The smallest absolute Gasteiger partial charge is 0.229 e. The van der Waals surface area contributed by atoms with Gasteiger partial charge in [0.1, 0.15) is 0 Å². The molecule has 1 aliphatic rings. The predicted molar refractivity (Wildman–Crippen MR) is 53.0 cm³/mol. The van der Waals surface area contributed by atoms with E-state index in [1.54, 1.807) is 0 Å². The Kier molecular flexibility index (Phi) is 2.54. The van der Waals surface area contributed by atoms with Gasteiger partial charge in [-0.3, -0.25) is 0 Å². The lowest BCUT2D eigenvalue weighted by atomic mass is 10.0. The summed E-state index contributed by atoms with van der Waals surface area (Å²) < 4.78 is 5.17. The van der Waals surface area contributed by atoms with Crippen LogP contribution in [-0.2, 0) is 0 Å². The Morgan fingerprint density at radius 2 is 2.21 bits per heavy atom. The normalized spacial score (nSPS) is 27.4. The van der Waals surface area contributed by atoms with E-state index >= 15 is 0 Å². The summed E-state index contributed by atoms with van der Waals surface area (Å²) in [5, 5.41) is 4.00. The number of aromatic nitrogens is 2. The Morgan fingerprint density at radius 3 is 2.71 bits per heavy atom. The lowest BCUT2D eigenvalue weighted by Crippen LogP contribution is -2.23. The molecule has 0 bridgehead atoms. The molecule has 0 amide bonds. The van der Waals surface area contributed by atoms with Gasteiger partial charge >= 0.3 is 0 Å². The van der Waals surface area contributed by atoms with Crippen LogP contribution < -0.4 is 5.73 Å². The fraction of sp³-hybridized carbons (Fsp3) is 0.800. The van der Waals surface area contributed by atoms with E-state index in [-0.39, 0.29) is 6.04 Å². The third-order valence-electron chi connectivity index (χ3n) is 2.85. The summed E-state index contributed by atoms with van der Waals surface area (Å²) in [5.41, 5.74) is 5.97. The van der Waals surface area contributed by atoms with Crippen molar-refractivity contribution in [2.24, 2.45) is 5.73 Å². The Morgan fingerprint density at radius 1 is 1.43 bits per heavy atom. The van der Waals surface area contributed by atoms with Crippen LogP contribution in [0.4, 0.5) is 0 Å². The first-order chi connectivity index (χ1) is 6.68. The molecule has 0 spiro atoms. The second-order valence-corrected chi connectivity index (χ2v) is 4.35. The molecule has 1 aliphatic carbocycles. The highest BCUT2D eigenvalue weighted by atomic mass is 16.5. The fourth-order valence-corrected chi connectivity index (χ4v) is 1.94. The van der Waals surface area contributed by atoms with Crippen molar-refractivity contribution >= 4 is 0 Å². The minimum Gasteiger partial charge on any atom is -0.339 e. The van der Waals surface area contributed by atoms with Gasteiger partial charge in [-0.1, -0.05) is 25.4 Å². The van der Waals surface area contributed by atoms with Crippen LogP contribution in [0.1, 0.15) is 56.7 Å². The Hall–Kier alpha value is -0.900. The van der Waals surface area contributed by atoms with Gasteiger partial charge in [0, 0.05) is 17.9 Å². The van der Waals surface area contributed by atoms with Crippen molar-refractivity contribution in [2.75, 3.05) is 0 Å². The maximum absolute atomic E-state index is 5.97. The maximum Gasteiger partial charge on any atom is 0.229 e. The van der Waals surface area contributed by atoms with Crippen LogP contribution in [-0.4, -0.2) is 16.2 Å². The monoisotopic (exact) mass is 195 g/mol. The first-order valence-electron chi connectivity index (χ1n) is 5.27. The molecule has 2 atom stereocenters. The molecule has 4 heteroatoms. The van der Waals surface area contributed by atoms with Crippen LogP contribution in [0.25, 0.3) is 0 Å². The van der Waals surface area contributed by atoms with E-state index in [1.165, 1.54) is 6.42 Å². The molecule has 4 nitrogen and oxygen atoms in total. The largest absolute Gasteiger partial charge is 0.339 e. The SMILES string of the molecule is CC(C)c1nc([C@@H]2CCC[C@@H]2N)no1. The molecule has 0 aliphatic heterocycles. The molecular weight excluding hydrogens is 178 g/mol. The van der Waals surface area contributed by atoms with Gasteiger partial charge in [0.2, 0.25) is 5.89 Å². The first-order valence-corrected chi connectivity index (χ1v) is 5.27. The zero-order valence-corrected chi connectivity index (χ0v) is 8.73. The van der Waals surface area contributed by atoms with Crippen LogP contribution in [0.15, 0.2) is 4.52 Å². The molecule has 0 saturated heterocycles. The van der Waals surface area contributed by atoms with E-state index in [4.69, 9.17) is 10.3 Å². The van der Waals surface area contributed by atoms with Crippen LogP contribution in [0.5, 0.6) is 0 Å². The van der Waals surface area contributed by atoms with Crippen molar-refractivity contribution in [3.05, 3.63) is 11.7 Å². The molecule has 78 valence electrons. The summed E-state index contributed by atoms with van der Waals surface area (Å²) in [5.74, 6) is 2.14. The standard InChI is InChI=1S/C10H17N3O/c1-6(2)10-12-9(13-14-10)7-4-3-5-8(7)11/h6-8H,3-5,11H2,1-2H3/t7-,8+/m1/s1. The lowest BCUT2D eigenvalue weighted by molar-refractivity contribution is 0.356. The van der Waals surface area contributed by atoms with Crippen LogP contribution in [0.3, 0.4) is 0 Å². The molecule has 14 heavy (non-hydrogen) atoms. The van der Waals surface area contributed by atoms with Gasteiger partial charge in [0.05, 0.1) is 0 Å². The highest BCUT2D eigenvalue weighted by molar-refractivity contribution is 5.04. The lowest BCUT2D eigenvalue weighted by Gasteiger charge is -2.09. The number of nitrogens with two attached hydrogens (primary N) is 1. The minimum atomic E-state index is 0.215. The molecule has 2 N–H and O–H groups in total. The van der Waals surface area contributed by atoms with Crippen LogP contribution >= 0.6 is 0 Å². The molecule has 1 fully saturated rings. The summed E-state index contributed by atoms with van der Waals surface area (Å²) in [4.78, 5) is 4.38. The van der Waals surface area contributed by atoms with Gasteiger partial charge in [0.15, 0.2) is 5.82 Å². The van der Waals surface area contributed by atoms with Gasteiger partial charge in [-0.15, -0.1) is 0 Å².